The predicted molar refractivity (Wildman–Crippen MR) is 130 cm³/mol. The van der Waals surface area contributed by atoms with Crippen molar-refractivity contribution < 1.29 is 0 Å². The number of hydrogen-bond acceptors (Lipinski definition) is 3. The summed E-state index contributed by atoms with van der Waals surface area (Å²) in [6.45, 7) is 2.25. The van der Waals surface area contributed by atoms with Gasteiger partial charge in [-0.3, -0.25) is 5.43 Å². The van der Waals surface area contributed by atoms with Crippen LogP contribution in [0.5, 0.6) is 0 Å². The largest absolute Gasteiger partial charge is 0.371 e. The number of allylic oxidation sites excluding steroid dienone is 2. The van der Waals surface area contributed by atoms with E-state index < -0.39 is 0 Å². The molecule has 2 N–H and O–H groups in total. The highest BCUT2D eigenvalue weighted by molar-refractivity contribution is 7.80. The van der Waals surface area contributed by atoms with Crippen molar-refractivity contribution >= 4 is 35.3 Å². The molecular weight excluding hydrogens is 388 g/mol. The SMILES string of the molecule is S=C(N/N=C/C1=C(N2CCCCC2)C(=C/c2ccccc2)/CC1)Nc1ccccc1. The van der Waals surface area contributed by atoms with Crippen LogP contribution >= 0.6 is 12.2 Å². The highest BCUT2D eigenvalue weighted by Gasteiger charge is 2.25. The van der Waals surface area contributed by atoms with Crippen LogP contribution in [0, 0.1) is 0 Å². The molecule has 2 aromatic rings. The summed E-state index contributed by atoms with van der Waals surface area (Å²) in [6, 6.07) is 20.5. The summed E-state index contributed by atoms with van der Waals surface area (Å²) in [5.74, 6) is 0. The van der Waals surface area contributed by atoms with Gasteiger partial charge in [-0.2, -0.15) is 5.10 Å². The fourth-order valence-electron chi connectivity index (χ4n) is 4.10. The maximum Gasteiger partial charge on any atom is 0.191 e. The van der Waals surface area contributed by atoms with E-state index in [1.807, 2.05) is 36.5 Å². The van der Waals surface area contributed by atoms with Gasteiger partial charge in [0.2, 0.25) is 0 Å². The zero-order valence-electron chi connectivity index (χ0n) is 17.2. The van der Waals surface area contributed by atoms with Crippen LogP contribution in [0.1, 0.15) is 37.7 Å². The number of thiocarbonyl (C=S) groups is 1. The molecule has 0 amide bonds. The lowest BCUT2D eigenvalue weighted by atomic mass is 10.0. The van der Waals surface area contributed by atoms with Crippen molar-refractivity contribution in [2.24, 2.45) is 5.10 Å². The molecule has 5 heteroatoms. The normalized spacial score (nSPS) is 18.3. The minimum Gasteiger partial charge on any atom is -0.371 e. The van der Waals surface area contributed by atoms with Gasteiger partial charge in [0.15, 0.2) is 5.11 Å². The Balaban J connectivity index is 1.50. The standard InChI is InChI=1S/C25H28N4S/c30-25(27-23-12-6-2-7-13-23)28-26-19-22-15-14-21(18-20-10-4-1-5-11-20)24(22)29-16-8-3-9-17-29/h1-2,4-7,10-13,18-19H,3,8-9,14-17H2,(H2,27,28,30)/b21-18+,26-19+. The maximum atomic E-state index is 5.37. The fourth-order valence-corrected chi connectivity index (χ4v) is 4.27. The molecule has 0 atom stereocenters. The first-order valence-corrected chi connectivity index (χ1v) is 11.1. The number of likely N-dealkylation sites (tertiary alicyclic amines) is 1. The Hall–Kier alpha value is -2.92. The molecule has 1 fully saturated rings. The molecule has 4 rings (SSSR count). The first-order chi connectivity index (χ1) is 14.8. The Labute approximate surface area is 184 Å². The molecule has 2 aromatic carbocycles. The number of rotatable bonds is 5. The van der Waals surface area contributed by atoms with Gasteiger partial charge in [0.05, 0.1) is 6.21 Å². The number of benzene rings is 2. The summed E-state index contributed by atoms with van der Waals surface area (Å²) >= 11 is 5.37. The highest BCUT2D eigenvalue weighted by atomic mass is 32.1. The van der Waals surface area contributed by atoms with E-state index in [0.717, 1.165) is 31.6 Å². The van der Waals surface area contributed by atoms with Gasteiger partial charge in [-0.05, 0) is 79.2 Å². The van der Waals surface area contributed by atoms with Gasteiger partial charge >= 0.3 is 0 Å². The Morgan fingerprint density at radius 2 is 1.60 bits per heavy atom. The van der Waals surface area contributed by atoms with Crippen LogP contribution in [0.3, 0.4) is 0 Å². The smallest absolute Gasteiger partial charge is 0.191 e. The third-order valence-electron chi connectivity index (χ3n) is 5.50. The Kier molecular flexibility index (Phi) is 6.93. The molecule has 0 radical (unpaired) electrons. The van der Waals surface area contributed by atoms with Crippen molar-refractivity contribution in [2.75, 3.05) is 18.4 Å². The summed E-state index contributed by atoms with van der Waals surface area (Å²) in [5, 5.41) is 8.09. The molecule has 0 aromatic heterocycles. The van der Waals surface area contributed by atoms with E-state index >= 15 is 0 Å². The lowest BCUT2D eigenvalue weighted by Crippen LogP contribution is -2.30. The third kappa shape index (κ3) is 5.36. The van der Waals surface area contributed by atoms with E-state index in [2.05, 4.69) is 57.2 Å². The van der Waals surface area contributed by atoms with Crippen LogP contribution < -0.4 is 10.7 Å². The van der Waals surface area contributed by atoms with Crippen LogP contribution in [0.4, 0.5) is 5.69 Å². The van der Waals surface area contributed by atoms with E-state index in [9.17, 15) is 0 Å². The summed E-state index contributed by atoms with van der Waals surface area (Å²) in [5.41, 5.74) is 9.24. The van der Waals surface area contributed by atoms with Crippen molar-refractivity contribution in [3.63, 3.8) is 0 Å². The lowest BCUT2D eigenvalue weighted by molar-refractivity contribution is 0.290. The van der Waals surface area contributed by atoms with Gasteiger partial charge < -0.3 is 10.2 Å². The van der Waals surface area contributed by atoms with E-state index in [4.69, 9.17) is 12.2 Å². The van der Waals surface area contributed by atoms with Gasteiger partial charge in [-0.1, -0.05) is 48.5 Å². The van der Waals surface area contributed by atoms with E-state index in [0.29, 0.717) is 5.11 Å². The zero-order valence-corrected chi connectivity index (χ0v) is 18.0. The van der Waals surface area contributed by atoms with Gasteiger partial charge in [0.1, 0.15) is 0 Å². The number of hydrogen-bond donors (Lipinski definition) is 2. The van der Waals surface area contributed by atoms with Crippen molar-refractivity contribution in [2.45, 2.75) is 32.1 Å². The van der Waals surface area contributed by atoms with Gasteiger partial charge in [-0.15, -0.1) is 0 Å². The molecule has 0 spiro atoms. The quantitative estimate of drug-likeness (QED) is 0.379. The molecule has 2 aliphatic rings. The van der Waals surface area contributed by atoms with Crippen LogP contribution in [-0.2, 0) is 0 Å². The van der Waals surface area contributed by atoms with E-state index in [1.165, 1.54) is 41.7 Å². The van der Waals surface area contributed by atoms with Crippen molar-refractivity contribution in [3.8, 4) is 0 Å². The first kappa shape index (κ1) is 20.4. The first-order valence-electron chi connectivity index (χ1n) is 10.7. The topological polar surface area (TPSA) is 39.7 Å². The molecule has 0 unspecified atom stereocenters. The molecule has 0 saturated carbocycles. The van der Waals surface area contributed by atoms with Crippen molar-refractivity contribution in [1.82, 2.24) is 10.3 Å². The van der Waals surface area contributed by atoms with Crippen molar-refractivity contribution in [3.05, 3.63) is 83.1 Å². The minimum atomic E-state index is 0.496. The summed E-state index contributed by atoms with van der Waals surface area (Å²) < 4.78 is 0. The Bertz CT molecular complexity index is 942. The predicted octanol–water partition coefficient (Wildman–Crippen LogP) is 5.58. The molecule has 4 nitrogen and oxygen atoms in total. The van der Waals surface area contributed by atoms with E-state index in [-0.39, 0.29) is 0 Å². The molecule has 0 bridgehead atoms. The van der Waals surface area contributed by atoms with Crippen LogP contribution in [0.15, 0.2) is 82.6 Å². The molecule has 1 saturated heterocycles. The second kappa shape index (κ2) is 10.2. The number of anilines is 1. The Morgan fingerprint density at radius 3 is 2.33 bits per heavy atom. The average Bonchev–Trinajstić information content (AvgIpc) is 3.18. The monoisotopic (exact) mass is 416 g/mol. The van der Waals surface area contributed by atoms with Crippen LogP contribution in [-0.4, -0.2) is 29.3 Å². The number of piperidine rings is 1. The lowest BCUT2D eigenvalue weighted by Gasteiger charge is -2.31. The van der Waals surface area contributed by atoms with E-state index in [1.54, 1.807) is 0 Å². The highest BCUT2D eigenvalue weighted by Crippen LogP contribution is 2.35. The molecule has 1 aliphatic heterocycles. The molecule has 1 heterocycles. The molecule has 154 valence electrons. The fraction of sp³-hybridized carbons (Fsp3) is 0.280. The number of hydrazone groups is 1. The van der Waals surface area contributed by atoms with Crippen LogP contribution in [0.25, 0.3) is 6.08 Å². The Morgan fingerprint density at radius 1 is 0.900 bits per heavy atom. The number of nitrogens with zero attached hydrogens (tertiary/aromatic N) is 2. The maximum absolute atomic E-state index is 5.37. The molecule has 1 aliphatic carbocycles. The summed E-state index contributed by atoms with van der Waals surface area (Å²) in [6.07, 6.45) is 10.2. The average molecular weight is 417 g/mol. The number of para-hydroxylation sites is 1. The van der Waals surface area contributed by atoms with Gasteiger partial charge in [0.25, 0.3) is 0 Å². The second-order valence-electron chi connectivity index (χ2n) is 7.69. The van der Waals surface area contributed by atoms with Crippen molar-refractivity contribution in [1.29, 1.82) is 0 Å². The van der Waals surface area contributed by atoms with Gasteiger partial charge in [0, 0.05) is 24.5 Å². The minimum absolute atomic E-state index is 0.496. The zero-order chi connectivity index (χ0) is 20.6. The third-order valence-corrected chi connectivity index (χ3v) is 5.70. The summed E-state index contributed by atoms with van der Waals surface area (Å²) in [4.78, 5) is 2.55. The van der Waals surface area contributed by atoms with Crippen LogP contribution in [0.2, 0.25) is 0 Å². The molecular formula is C25H28N4S. The number of nitrogens with one attached hydrogen (secondary N) is 2. The molecule has 30 heavy (non-hydrogen) atoms. The van der Waals surface area contributed by atoms with Gasteiger partial charge in [-0.25, -0.2) is 0 Å². The second-order valence-corrected chi connectivity index (χ2v) is 8.10. The summed E-state index contributed by atoms with van der Waals surface area (Å²) in [7, 11) is 0.